The third-order valence-corrected chi connectivity index (χ3v) is 6.29. The number of likely N-dealkylation sites (N-methyl/N-ethyl adjacent to an activating group) is 1. The predicted octanol–water partition coefficient (Wildman–Crippen LogP) is 3.58. The number of amides is 2. The SMILES string of the molecule is CC[C@@H]1CN(C(=O)Nc2cccc(C#N)c2)[C@H](CO)[C@@H]1CN(C)CCc1ccccc1. The summed E-state index contributed by atoms with van der Waals surface area (Å²) >= 11 is 0. The van der Waals surface area contributed by atoms with Crippen LogP contribution in [0.4, 0.5) is 10.5 Å². The van der Waals surface area contributed by atoms with Gasteiger partial charge in [0.25, 0.3) is 0 Å². The smallest absolute Gasteiger partial charge is 0.322 e. The van der Waals surface area contributed by atoms with Crippen molar-refractivity contribution in [3.05, 3.63) is 65.7 Å². The second-order valence-corrected chi connectivity index (χ2v) is 8.36. The summed E-state index contributed by atoms with van der Waals surface area (Å²) in [5.41, 5.74) is 2.41. The number of aliphatic hydroxyl groups is 1. The molecule has 2 aromatic carbocycles. The molecule has 3 atom stereocenters. The van der Waals surface area contributed by atoms with E-state index in [2.05, 4.69) is 54.5 Å². The number of hydrogen-bond donors (Lipinski definition) is 2. The van der Waals surface area contributed by atoms with E-state index in [0.29, 0.717) is 23.7 Å². The molecule has 0 spiro atoms. The maximum Gasteiger partial charge on any atom is 0.322 e. The molecule has 0 saturated carbocycles. The zero-order chi connectivity index (χ0) is 22.2. The largest absolute Gasteiger partial charge is 0.394 e. The molecule has 2 amide bonds. The van der Waals surface area contributed by atoms with Crippen LogP contribution in [0.1, 0.15) is 24.5 Å². The van der Waals surface area contributed by atoms with E-state index in [1.165, 1.54) is 5.56 Å². The van der Waals surface area contributed by atoms with Crippen molar-refractivity contribution in [3.8, 4) is 6.07 Å². The molecular weight excluding hydrogens is 388 g/mol. The third-order valence-electron chi connectivity index (χ3n) is 6.29. The molecule has 0 aliphatic carbocycles. The highest BCUT2D eigenvalue weighted by atomic mass is 16.3. The number of anilines is 1. The minimum Gasteiger partial charge on any atom is -0.394 e. The number of rotatable bonds is 8. The third kappa shape index (κ3) is 5.84. The van der Waals surface area contributed by atoms with E-state index in [-0.39, 0.29) is 24.6 Å². The second-order valence-electron chi connectivity index (χ2n) is 8.36. The van der Waals surface area contributed by atoms with Crippen LogP contribution in [0, 0.1) is 23.2 Å². The standard InChI is InChI=1S/C25H32N4O2/c1-3-21-16-29(25(31)27-22-11-7-10-20(14-22)15-26)24(18-30)23(21)17-28(2)13-12-19-8-5-4-6-9-19/h4-11,14,21,23-24,30H,3,12-13,16-18H2,1-2H3,(H,27,31)/t21-,23-,24-/m1/s1. The van der Waals surface area contributed by atoms with Crippen molar-refractivity contribution >= 4 is 11.7 Å². The van der Waals surface area contributed by atoms with Crippen LogP contribution in [0.25, 0.3) is 0 Å². The van der Waals surface area contributed by atoms with Gasteiger partial charge in [0.2, 0.25) is 0 Å². The lowest BCUT2D eigenvalue weighted by Gasteiger charge is -2.30. The van der Waals surface area contributed by atoms with Gasteiger partial charge in [0, 0.05) is 25.3 Å². The first kappa shape index (κ1) is 22.8. The Morgan fingerprint density at radius 1 is 1.26 bits per heavy atom. The van der Waals surface area contributed by atoms with Gasteiger partial charge >= 0.3 is 6.03 Å². The number of aliphatic hydroxyl groups excluding tert-OH is 1. The number of nitrogens with one attached hydrogen (secondary N) is 1. The summed E-state index contributed by atoms with van der Waals surface area (Å²) in [6, 6.07) is 19.0. The molecule has 164 valence electrons. The van der Waals surface area contributed by atoms with E-state index in [4.69, 9.17) is 5.26 Å². The topological polar surface area (TPSA) is 79.6 Å². The van der Waals surface area contributed by atoms with E-state index >= 15 is 0 Å². The highest BCUT2D eigenvalue weighted by Crippen LogP contribution is 2.33. The van der Waals surface area contributed by atoms with Gasteiger partial charge in [-0.3, -0.25) is 0 Å². The van der Waals surface area contributed by atoms with Gasteiger partial charge in [0.15, 0.2) is 0 Å². The minimum absolute atomic E-state index is 0.0562. The number of hydrogen-bond acceptors (Lipinski definition) is 4. The Hall–Kier alpha value is -2.88. The normalized spacial score (nSPS) is 20.6. The van der Waals surface area contributed by atoms with Crippen molar-refractivity contribution < 1.29 is 9.90 Å². The average molecular weight is 421 g/mol. The molecule has 6 heteroatoms. The Labute approximate surface area is 185 Å². The van der Waals surface area contributed by atoms with E-state index in [9.17, 15) is 9.90 Å². The summed E-state index contributed by atoms with van der Waals surface area (Å²) < 4.78 is 0. The van der Waals surface area contributed by atoms with Crippen LogP contribution in [-0.4, -0.2) is 60.3 Å². The van der Waals surface area contributed by atoms with Gasteiger partial charge in [0.05, 0.1) is 24.3 Å². The van der Waals surface area contributed by atoms with E-state index in [1.807, 2.05) is 6.07 Å². The fraction of sp³-hybridized carbons (Fsp3) is 0.440. The van der Waals surface area contributed by atoms with Crippen molar-refractivity contribution in [2.75, 3.05) is 38.6 Å². The average Bonchev–Trinajstić information content (AvgIpc) is 3.15. The summed E-state index contributed by atoms with van der Waals surface area (Å²) in [4.78, 5) is 17.1. The molecule has 2 aromatic rings. The van der Waals surface area contributed by atoms with Crippen LogP contribution in [0.5, 0.6) is 0 Å². The summed E-state index contributed by atoms with van der Waals surface area (Å²) in [5.74, 6) is 0.555. The highest BCUT2D eigenvalue weighted by molar-refractivity contribution is 5.90. The predicted molar refractivity (Wildman–Crippen MR) is 123 cm³/mol. The number of carbonyl (C=O) groups excluding carboxylic acids is 1. The highest BCUT2D eigenvalue weighted by Gasteiger charge is 2.43. The maximum absolute atomic E-state index is 13.0. The molecule has 0 aromatic heterocycles. The first-order valence-electron chi connectivity index (χ1n) is 11.0. The summed E-state index contributed by atoms with van der Waals surface area (Å²) in [6.07, 6.45) is 1.94. The minimum atomic E-state index is -0.220. The van der Waals surface area contributed by atoms with E-state index < -0.39 is 0 Å². The van der Waals surface area contributed by atoms with Gasteiger partial charge in [0.1, 0.15) is 0 Å². The number of likely N-dealkylation sites (tertiary alicyclic amines) is 1. The van der Waals surface area contributed by atoms with Gasteiger partial charge in [-0.1, -0.05) is 49.7 Å². The first-order valence-corrected chi connectivity index (χ1v) is 11.0. The van der Waals surface area contributed by atoms with Crippen LogP contribution >= 0.6 is 0 Å². The van der Waals surface area contributed by atoms with E-state index in [0.717, 1.165) is 25.9 Å². The van der Waals surface area contributed by atoms with E-state index in [1.54, 1.807) is 29.2 Å². The molecule has 6 nitrogen and oxygen atoms in total. The first-order chi connectivity index (χ1) is 15.0. The van der Waals surface area contributed by atoms with Gasteiger partial charge in [-0.05, 0) is 49.1 Å². The summed E-state index contributed by atoms with van der Waals surface area (Å²) in [5, 5.41) is 22.1. The molecule has 1 heterocycles. The molecular formula is C25H32N4O2. The monoisotopic (exact) mass is 420 g/mol. The Morgan fingerprint density at radius 3 is 2.71 bits per heavy atom. The van der Waals surface area contributed by atoms with Crippen molar-refractivity contribution in [3.63, 3.8) is 0 Å². The Bertz CT molecular complexity index is 896. The molecule has 0 unspecified atom stereocenters. The Morgan fingerprint density at radius 2 is 2.03 bits per heavy atom. The molecule has 1 fully saturated rings. The van der Waals surface area contributed by atoms with Crippen LogP contribution in [0.3, 0.4) is 0 Å². The number of nitriles is 1. The Balaban J connectivity index is 1.64. The lowest BCUT2D eigenvalue weighted by Crippen LogP contribution is -2.45. The quantitative estimate of drug-likeness (QED) is 0.684. The number of urea groups is 1. The van der Waals surface area contributed by atoms with Crippen molar-refractivity contribution in [2.45, 2.75) is 25.8 Å². The lowest BCUT2D eigenvalue weighted by atomic mass is 9.88. The van der Waals surface area contributed by atoms with Crippen LogP contribution in [-0.2, 0) is 6.42 Å². The molecule has 31 heavy (non-hydrogen) atoms. The van der Waals surface area contributed by atoms with Crippen LogP contribution in [0.15, 0.2) is 54.6 Å². The summed E-state index contributed by atoms with van der Waals surface area (Å²) in [7, 11) is 2.11. The van der Waals surface area contributed by atoms with Crippen molar-refractivity contribution in [1.29, 1.82) is 5.26 Å². The summed E-state index contributed by atoms with van der Waals surface area (Å²) in [6.45, 7) is 4.49. The van der Waals surface area contributed by atoms with Crippen molar-refractivity contribution in [2.24, 2.45) is 11.8 Å². The number of nitrogens with zero attached hydrogens (tertiary/aromatic N) is 3. The molecule has 1 saturated heterocycles. The van der Waals surface area contributed by atoms with Crippen molar-refractivity contribution in [1.82, 2.24) is 9.80 Å². The number of carbonyl (C=O) groups is 1. The Kier molecular flexibility index (Phi) is 8.05. The molecule has 0 radical (unpaired) electrons. The van der Waals surface area contributed by atoms with Gasteiger partial charge in [-0.25, -0.2) is 4.79 Å². The number of benzene rings is 2. The fourth-order valence-corrected chi connectivity index (χ4v) is 4.52. The second kappa shape index (κ2) is 10.9. The maximum atomic E-state index is 13.0. The van der Waals surface area contributed by atoms with Gasteiger partial charge in [-0.15, -0.1) is 0 Å². The van der Waals surface area contributed by atoms with Gasteiger partial charge in [-0.2, -0.15) is 5.26 Å². The zero-order valence-corrected chi connectivity index (χ0v) is 18.4. The van der Waals surface area contributed by atoms with Gasteiger partial charge < -0.3 is 20.2 Å². The molecule has 0 bridgehead atoms. The van der Waals surface area contributed by atoms with Crippen LogP contribution < -0.4 is 5.32 Å². The van der Waals surface area contributed by atoms with Crippen LogP contribution in [0.2, 0.25) is 0 Å². The molecule has 3 rings (SSSR count). The molecule has 2 N–H and O–H groups in total. The fourth-order valence-electron chi connectivity index (χ4n) is 4.52. The lowest BCUT2D eigenvalue weighted by molar-refractivity contribution is 0.131. The molecule has 1 aliphatic rings. The molecule has 1 aliphatic heterocycles. The zero-order valence-electron chi connectivity index (χ0n) is 18.4.